The average molecular weight is 331 g/mol. The van der Waals surface area contributed by atoms with Crippen LogP contribution in [-0.4, -0.2) is 67.2 Å². The zero-order valence-electron chi connectivity index (χ0n) is 14.8. The number of aromatic amines is 1. The Labute approximate surface area is 142 Å². The summed E-state index contributed by atoms with van der Waals surface area (Å²) in [7, 11) is 5.20. The van der Waals surface area contributed by atoms with Crippen molar-refractivity contribution in [2.75, 3.05) is 40.9 Å². The van der Waals surface area contributed by atoms with Crippen molar-refractivity contribution in [3.05, 3.63) is 30.0 Å². The second kappa shape index (κ2) is 6.45. The molecule has 1 aromatic carbocycles. The highest BCUT2D eigenvalue weighted by Crippen LogP contribution is 2.24. The molecule has 0 bridgehead atoms. The molecular weight excluding hydrogens is 306 g/mol. The lowest BCUT2D eigenvalue weighted by molar-refractivity contribution is -0.165. The van der Waals surface area contributed by atoms with Gasteiger partial charge in [-0.2, -0.15) is 0 Å². The molecule has 1 atom stereocenters. The number of ether oxygens (including phenoxy) is 2. The number of likely N-dealkylation sites (N-methyl/N-ethyl adjacent to an activating group) is 1. The summed E-state index contributed by atoms with van der Waals surface area (Å²) in [5.41, 5.74) is 1.43. The number of hydrogen-bond acceptors (Lipinski definition) is 4. The highest BCUT2D eigenvalue weighted by Gasteiger charge is 2.40. The van der Waals surface area contributed by atoms with Crippen LogP contribution in [0.3, 0.4) is 0 Å². The first-order valence-corrected chi connectivity index (χ1v) is 8.15. The van der Waals surface area contributed by atoms with E-state index in [0.29, 0.717) is 13.2 Å². The van der Waals surface area contributed by atoms with Crippen LogP contribution in [0.2, 0.25) is 0 Å². The van der Waals surface area contributed by atoms with Crippen molar-refractivity contribution in [3.63, 3.8) is 0 Å². The first-order chi connectivity index (χ1) is 11.4. The summed E-state index contributed by atoms with van der Waals surface area (Å²) in [6.45, 7) is 4.59. The van der Waals surface area contributed by atoms with Crippen molar-refractivity contribution in [1.82, 2.24) is 14.8 Å². The third kappa shape index (κ3) is 3.25. The van der Waals surface area contributed by atoms with Gasteiger partial charge < -0.3 is 19.4 Å². The normalized spacial score (nSPS) is 21.8. The van der Waals surface area contributed by atoms with Gasteiger partial charge in [0.25, 0.3) is 5.91 Å². The van der Waals surface area contributed by atoms with Gasteiger partial charge >= 0.3 is 0 Å². The number of rotatable bonds is 4. The highest BCUT2D eigenvalue weighted by molar-refractivity contribution is 5.85. The Hall–Kier alpha value is -2.05. The molecule has 2 aromatic rings. The maximum absolute atomic E-state index is 12.4. The molecule has 1 saturated heterocycles. The lowest BCUT2D eigenvalue weighted by Crippen LogP contribution is -2.57. The fourth-order valence-corrected chi connectivity index (χ4v) is 3.31. The fraction of sp³-hybridized carbons (Fsp3) is 0.500. The monoisotopic (exact) mass is 331 g/mol. The Morgan fingerprint density at radius 1 is 1.42 bits per heavy atom. The number of benzene rings is 1. The minimum atomic E-state index is -0.781. The fourth-order valence-electron chi connectivity index (χ4n) is 3.31. The van der Waals surface area contributed by atoms with E-state index in [9.17, 15) is 4.79 Å². The quantitative estimate of drug-likeness (QED) is 0.929. The van der Waals surface area contributed by atoms with E-state index >= 15 is 0 Å². The van der Waals surface area contributed by atoms with Gasteiger partial charge in [-0.05, 0) is 31.2 Å². The predicted octanol–water partition coefficient (Wildman–Crippen LogP) is 1.86. The molecule has 6 nitrogen and oxygen atoms in total. The van der Waals surface area contributed by atoms with Gasteiger partial charge in [-0.15, -0.1) is 0 Å². The van der Waals surface area contributed by atoms with Crippen LogP contribution in [0.1, 0.15) is 12.6 Å². The van der Waals surface area contributed by atoms with Crippen molar-refractivity contribution in [2.24, 2.45) is 0 Å². The number of methoxy groups -OCH3 is 1. The molecule has 1 aliphatic heterocycles. The Morgan fingerprint density at radius 3 is 2.92 bits per heavy atom. The van der Waals surface area contributed by atoms with Crippen molar-refractivity contribution in [3.8, 4) is 5.75 Å². The molecule has 0 unspecified atom stereocenters. The maximum atomic E-state index is 12.4. The van der Waals surface area contributed by atoms with Crippen LogP contribution < -0.4 is 4.74 Å². The smallest absolute Gasteiger partial charge is 0.255 e. The largest absolute Gasteiger partial charge is 0.497 e. The van der Waals surface area contributed by atoms with E-state index in [-0.39, 0.29) is 5.91 Å². The summed E-state index contributed by atoms with van der Waals surface area (Å²) in [6.07, 6.45) is 0. The van der Waals surface area contributed by atoms with Crippen LogP contribution in [0, 0.1) is 0 Å². The number of amides is 1. The molecule has 0 spiro atoms. The Bertz CT molecular complexity index is 740. The first kappa shape index (κ1) is 16.8. The van der Waals surface area contributed by atoms with Gasteiger partial charge in [-0.25, -0.2) is 0 Å². The van der Waals surface area contributed by atoms with Crippen LogP contribution >= 0.6 is 0 Å². The molecule has 3 rings (SSSR count). The first-order valence-electron chi connectivity index (χ1n) is 8.15. The summed E-state index contributed by atoms with van der Waals surface area (Å²) in [5, 5.41) is 1.13. The Balaban J connectivity index is 1.74. The zero-order valence-corrected chi connectivity index (χ0v) is 14.8. The minimum absolute atomic E-state index is 0.00795. The summed E-state index contributed by atoms with van der Waals surface area (Å²) in [5.74, 6) is 0.858. The van der Waals surface area contributed by atoms with Crippen LogP contribution in [0.15, 0.2) is 24.3 Å². The molecule has 1 fully saturated rings. The van der Waals surface area contributed by atoms with Gasteiger partial charge in [0, 0.05) is 50.3 Å². The third-order valence-electron chi connectivity index (χ3n) is 4.49. The number of H-pyrrole nitrogens is 1. The SMILES string of the molecule is COc1ccc2[nH]c(CN3CCO[C@@](C)(C(=O)N(C)C)C3)cc2c1. The van der Waals surface area contributed by atoms with Crippen LogP contribution in [0.5, 0.6) is 5.75 Å². The molecule has 1 aromatic heterocycles. The van der Waals surface area contributed by atoms with Crippen molar-refractivity contribution in [1.29, 1.82) is 0 Å². The third-order valence-corrected chi connectivity index (χ3v) is 4.49. The van der Waals surface area contributed by atoms with E-state index in [2.05, 4.69) is 16.0 Å². The number of nitrogens with one attached hydrogen (secondary N) is 1. The Morgan fingerprint density at radius 2 is 2.21 bits per heavy atom. The van der Waals surface area contributed by atoms with E-state index < -0.39 is 5.60 Å². The van der Waals surface area contributed by atoms with Crippen molar-refractivity contribution < 1.29 is 14.3 Å². The number of aromatic nitrogens is 1. The molecule has 0 saturated carbocycles. The van der Waals surface area contributed by atoms with Gasteiger partial charge in [-0.1, -0.05) is 0 Å². The van der Waals surface area contributed by atoms with Crippen LogP contribution in [0.4, 0.5) is 0 Å². The number of nitrogens with zero attached hydrogens (tertiary/aromatic N) is 2. The molecule has 2 heterocycles. The highest BCUT2D eigenvalue weighted by atomic mass is 16.5. The van der Waals surface area contributed by atoms with Crippen LogP contribution in [-0.2, 0) is 16.1 Å². The van der Waals surface area contributed by atoms with Gasteiger partial charge in [-0.3, -0.25) is 9.69 Å². The molecule has 1 N–H and O–H groups in total. The zero-order chi connectivity index (χ0) is 17.3. The Kier molecular flexibility index (Phi) is 4.51. The van der Waals surface area contributed by atoms with Crippen LogP contribution in [0.25, 0.3) is 10.9 Å². The molecular formula is C18H25N3O3. The second-order valence-electron chi connectivity index (χ2n) is 6.74. The summed E-state index contributed by atoms with van der Waals surface area (Å²) in [4.78, 5) is 19.7. The topological polar surface area (TPSA) is 57.8 Å². The van der Waals surface area contributed by atoms with Crippen molar-refractivity contribution in [2.45, 2.75) is 19.1 Å². The summed E-state index contributed by atoms with van der Waals surface area (Å²) >= 11 is 0. The van der Waals surface area contributed by atoms with E-state index in [4.69, 9.17) is 9.47 Å². The molecule has 0 radical (unpaired) electrons. The number of carbonyl (C=O) groups excluding carboxylic acids is 1. The number of fused-ring (bicyclic) bond motifs is 1. The number of carbonyl (C=O) groups is 1. The van der Waals surface area contributed by atoms with Crippen molar-refractivity contribution >= 4 is 16.8 Å². The van der Waals surface area contributed by atoms with E-state index in [1.807, 2.05) is 25.1 Å². The minimum Gasteiger partial charge on any atom is -0.497 e. The maximum Gasteiger partial charge on any atom is 0.255 e. The summed E-state index contributed by atoms with van der Waals surface area (Å²) < 4.78 is 11.1. The molecule has 6 heteroatoms. The molecule has 1 aliphatic rings. The number of morpholine rings is 1. The molecule has 0 aliphatic carbocycles. The van der Waals surface area contributed by atoms with Gasteiger partial charge in [0.1, 0.15) is 5.75 Å². The average Bonchev–Trinajstić information content (AvgIpc) is 2.95. The summed E-state index contributed by atoms with van der Waals surface area (Å²) in [6, 6.07) is 8.13. The number of hydrogen-bond donors (Lipinski definition) is 1. The lowest BCUT2D eigenvalue weighted by Gasteiger charge is -2.40. The van der Waals surface area contributed by atoms with E-state index in [1.54, 1.807) is 26.1 Å². The molecule has 24 heavy (non-hydrogen) atoms. The van der Waals surface area contributed by atoms with E-state index in [0.717, 1.165) is 35.4 Å². The van der Waals surface area contributed by atoms with E-state index in [1.165, 1.54) is 0 Å². The van der Waals surface area contributed by atoms with Gasteiger partial charge in [0.05, 0.1) is 13.7 Å². The predicted molar refractivity (Wildman–Crippen MR) is 93.2 cm³/mol. The lowest BCUT2D eigenvalue weighted by atomic mass is 10.0. The van der Waals surface area contributed by atoms with Gasteiger partial charge in [0.2, 0.25) is 0 Å². The molecule has 130 valence electrons. The second-order valence-corrected chi connectivity index (χ2v) is 6.74. The van der Waals surface area contributed by atoms with Gasteiger partial charge in [0.15, 0.2) is 5.60 Å². The standard InChI is InChI=1S/C18H25N3O3/c1-18(17(22)20(2)3)12-21(7-8-24-18)11-14-9-13-10-15(23-4)5-6-16(13)19-14/h5-6,9-10,19H,7-8,11-12H2,1-4H3/t18-/m1/s1. The molecule has 1 amide bonds.